The van der Waals surface area contributed by atoms with Crippen molar-refractivity contribution in [2.24, 2.45) is 0 Å². The summed E-state index contributed by atoms with van der Waals surface area (Å²) in [7, 11) is 0. The molecule has 0 bridgehead atoms. The quantitative estimate of drug-likeness (QED) is 0.939. The molecule has 2 rings (SSSR count). The van der Waals surface area contributed by atoms with Crippen LogP contribution in [0.4, 0.5) is 5.82 Å². The molecule has 4 nitrogen and oxygen atoms in total. The third-order valence-electron chi connectivity index (χ3n) is 3.35. The lowest BCUT2D eigenvalue weighted by Gasteiger charge is -2.22. The van der Waals surface area contributed by atoms with Gasteiger partial charge >= 0.3 is 0 Å². The second-order valence-electron chi connectivity index (χ2n) is 6.29. The molecule has 0 saturated heterocycles. The Morgan fingerprint density at radius 2 is 2.05 bits per heavy atom. The molecular weight excluding hydrogens is 262 g/mol. The number of aryl methyl sites for hydroxylation is 1. The lowest BCUT2D eigenvalue weighted by atomic mass is 10.1. The maximum atomic E-state index is 12.4. The van der Waals surface area contributed by atoms with Gasteiger partial charge in [-0.15, -0.1) is 0 Å². The molecule has 112 valence electrons. The topological polar surface area (TPSA) is 46.9 Å². The van der Waals surface area contributed by atoms with Gasteiger partial charge in [0.15, 0.2) is 5.82 Å². The van der Waals surface area contributed by atoms with Crippen LogP contribution in [0.25, 0.3) is 0 Å². The molecule has 0 saturated carbocycles. The van der Waals surface area contributed by atoms with Gasteiger partial charge in [-0.2, -0.15) is 0 Å². The van der Waals surface area contributed by atoms with Gasteiger partial charge < -0.3 is 9.88 Å². The number of nitrogens with one attached hydrogen (secondary N) is 1. The van der Waals surface area contributed by atoms with Crippen molar-refractivity contribution < 1.29 is 0 Å². The van der Waals surface area contributed by atoms with E-state index in [0.29, 0.717) is 12.4 Å². The number of aromatic nitrogens is 2. The van der Waals surface area contributed by atoms with Gasteiger partial charge in [0.2, 0.25) is 0 Å². The van der Waals surface area contributed by atoms with Crippen LogP contribution in [0.5, 0.6) is 0 Å². The van der Waals surface area contributed by atoms with Crippen molar-refractivity contribution in [3.8, 4) is 0 Å². The molecule has 0 radical (unpaired) electrons. The van der Waals surface area contributed by atoms with E-state index in [1.165, 1.54) is 11.1 Å². The van der Waals surface area contributed by atoms with Gasteiger partial charge in [0.05, 0.1) is 0 Å². The van der Waals surface area contributed by atoms with Crippen LogP contribution in [-0.4, -0.2) is 16.1 Å². The third-order valence-corrected chi connectivity index (χ3v) is 3.35. The summed E-state index contributed by atoms with van der Waals surface area (Å²) < 4.78 is 1.70. The van der Waals surface area contributed by atoms with E-state index in [2.05, 4.69) is 41.5 Å². The minimum absolute atomic E-state index is 0.0748. The fourth-order valence-electron chi connectivity index (χ4n) is 2.25. The summed E-state index contributed by atoms with van der Waals surface area (Å²) in [4.78, 5) is 16.5. The molecule has 1 aromatic heterocycles. The smallest absolute Gasteiger partial charge is 0.293 e. The molecule has 0 fully saturated rings. The van der Waals surface area contributed by atoms with Crippen LogP contribution in [0.15, 0.2) is 41.5 Å². The second kappa shape index (κ2) is 6.12. The molecule has 0 aliphatic heterocycles. The average molecular weight is 285 g/mol. The van der Waals surface area contributed by atoms with Gasteiger partial charge in [0.25, 0.3) is 5.56 Å². The monoisotopic (exact) mass is 285 g/mol. The van der Waals surface area contributed by atoms with E-state index in [0.717, 1.165) is 6.42 Å². The number of benzene rings is 1. The Bertz CT molecular complexity index is 668. The molecule has 1 aromatic carbocycles. The van der Waals surface area contributed by atoms with Crippen molar-refractivity contribution in [2.75, 3.05) is 11.9 Å². The molecule has 0 unspecified atom stereocenters. The van der Waals surface area contributed by atoms with Gasteiger partial charge in [-0.1, -0.05) is 29.8 Å². The summed E-state index contributed by atoms with van der Waals surface area (Å²) >= 11 is 0. The fourth-order valence-corrected chi connectivity index (χ4v) is 2.25. The van der Waals surface area contributed by atoms with Crippen molar-refractivity contribution in [1.82, 2.24) is 9.55 Å². The molecule has 0 aliphatic rings. The highest BCUT2D eigenvalue weighted by Crippen LogP contribution is 2.11. The first-order valence-electron chi connectivity index (χ1n) is 7.25. The lowest BCUT2D eigenvalue weighted by molar-refractivity contribution is 0.383. The van der Waals surface area contributed by atoms with E-state index in [4.69, 9.17) is 0 Å². The zero-order chi connectivity index (χ0) is 15.5. The van der Waals surface area contributed by atoms with Crippen LogP contribution < -0.4 is 10.9 Å². The molecular formula is C17H23N3O. The van der Waals surface area contributed by atoms with Gasteiger partial charge in [-0.25, -0.2) is 4.98 Å². The Morgan fingerprint density at radius 3 is 2.71 bits per heavy atom. The van der Waals surface area contributed by atoms with Crippen molar-refractivity contribution >= 4 is 5.82 Å². The maximum absolute atomic E-state index is 12.4. The Labute approximate surface area is 125 Å². The molecule has 2 aromatic rings. The molecule has 21 heavy (non-hydrogen) atoms. The summed E-state index contributed by atoms with van der Waals surface area (Å²) in [5.41, 5.74) is 2.19. The minimum Gasteiger partial charge on any atom is -0.365 e. The number of nitrogens with zero attached hydrogens (tertiary/aromatic N) is 2. The first kappa shape index (κ1) is 15.3. The van der Waals surface area contributed by atoms with Gasteiger partial charge in [0, 0.05) is 24.5 Å². The Balaban J connectivity index is 2.06. The molecule has 1 heterocycles. The zero-order valence-corrected chi connectivity index (χ0v) is 13.2. The number of hydrogen-bond donors (Lipinski definition) is 1. The van der Waals surface area contributed by atoms with Crippen LogP contribution in [-0.2, 0) is 12.0 Å². The molecule has 4 heteroatoms. The second-order valence-corrected chi connectivity index (χ2v) is 6.29. The summed E-state index contributed by atoms with van der Waals surface area (Å²) in [6.45, 7) is 8.79. The van der Waals surface area contributed by atoms with Crippen molar-refractivity contribution in [3.63, 3.8) is 0 Å². The zero-order valence-electron chi connectivity index (χ0n) is 13.2. The van der Waals surface area contributed by atoms with Crippen LogP contribution >= 0.6 is 0 Å². The van der Waals surface area contributed by atoms with Crippen LogP contribution in [0.3, 0.4) is 0 Å². The van der Waals surface area contributed by atoms with Crippen LogP contribution in [0.2, 0.25) is 0 Å². The van der Waals surface area contributed by atoms with E-state index < -0.39 is 0 Å². The SMILES string of the molecule is Cc1cccc(CCNc2nccn(C(C)(C)C)c2=O)c1. The summed E-state index contributed by atoms with van der Waals surface area (Å²) in [6, 6.07) is 8.39. The minimum atomic E-state index is -0.243. The van der Waals surface area contributed by atoms with Gasteiger partial charge in [-0.05, 0) is 39.7 Å². The molecule has 1 N–H and O–H groups in total. The maximum Gasteiger partial charge on any atom is 0.293 e. The number of rotatable bonds is 4. The van der Waals surface area contributed by atoms with Crippen molar-refractivity contribution in [3.05, 3.63) is 58.1 Å². The fraction of sp³-hybridized carbons (Fsp3) is 0.412. The van der Waals surface area contributed by atoms with E-state index in [1.807, 2.05) is 20.8 Å². The Kier molecular flexibility index (Phi) is 4.46. The molecule has 0 aliphatic carbocycles. The van der Waals surface area contributed by atoms with E-state index in [1.54, 1.807) is 17.0 Å². The largest absolute Gasteiger partial charge is 0.365 e. The normalized spacial score (nSPS) is 11.4. The highest BCUT2D eigenvalue weighted by molar-refractivity contribution is 5.32. The van der Waals surface area contributed by atoms with E-state index in [9.17, 15) is 4.79 Å². The predicted octanol–water partition coefficient (Wildman–Crippen LogP) is 2.96. The molecule has 0 atom stereocenters. The van der Waals surface area contributed by atoms with Crippen LogP contribution in [0.1, 0.15) is 31.9 Å². The third kappa shape index (κ3) is 3.94. The standard InChI is InChI=1S/C17H23N3O/c1-13-6-5-7-14(12-13)8-9-18-15-16(21)20(11-10-19-15)17(2,3)4/h5-7,10-12H,8-9H2,1-4H3,(H,18,19). The van der Waals surface area contributed by atoms with Crippen molar-refractivity contribution in [2.45, 2.75) is 39.7 Å². The molecule has 0 amide bonds. The van der Waals surface area contributed by atoms with E-state index in [-0.39, 0.29) is 11.1 Å². The number of anilines is 1. The summed E-state index contributed by atoms with van der Waals surface area (Å²) in [5, 5.41) is 3.15. The van der Waals surface area contributed by atoms with E-state index >= 15 is 0 Å². The van der Waals surface area contributed by atoms with Gasteiger partial charge in [0.1, 0.15) is 0 Å². The summed E-state index contributed by atoms with van der Waals surface area (Å²) in [5.74, 6) is 0.417. The highest BCUT2D eigenvalue weighted by atomic mass is 16.1. The first-order valence-corrected chi connectivity index (χ1v) is 7.25. The summed E-state index contributed by atoms with van der Waals surface area (Å²) in [6.07, 6.45) is 4.27. The first-order chi connectivity index (χ1) is 9.88. The Morgan fingerprint density at radius 1 is 1.29 bits per heavy atom. The number of hydrogen-bond acceptors (Lipinski definition) is 3. The average Bonchev–Trinajstić information content (AvgIpc) is 2.39. The predicted molar refractivity (Wildman–Crippen MR) is 86.9 cm³/mol. The van der Waals surface area contributed by atoms with Crippen LogP contribution in [0, 0.1) is 6.92 Å². The lowest BCUT2D eigenvalue weighted by Crippen LogP contribution is -2.35. The highest BCUT2D eigenvalue weighted by Gasteiger charge is 2.16. The molecule has 0 spiro atoms. The Hall–Kier alpha value is -2.10. The van der Waals surface area contributed by atoms with Gasteiger partial charge in [-0.3, -0.25) is 4.79 Å². The van der Waals surface area contributed by atoms with Crippen molar-refractivity contribution in [1.29, 1.82) is 0 Å².